The maximum atomic E-state index is 13.9. The first-order chi connectivity index (χ1) is 10.3. The van der Waals surface area contributed by atoms with Gasteiger partial charge in [-0.25, -0.2) is 9.18 Å². The Labute approximate surface area is 132 Å². The minimum absolute atomic E-state index is 0.0391. The summed E-state index contributed by atoms with van der Waals surface area (Å²) in [5, 5.41) is 2.98. The number of hydrogen-bond donors (Lipinski definition) is 1. The van der Waals surface area contributed by atoms with Crippen LogP contribution in [0.25, 0.3) is 0 Å². The number of urea groups is 1. The van der Waals surface area contributed by atoms with Crippen molar-refractivity contribution in [1.29, 1.82) is 0 Å². The van der Waals surface area contributed by atoms with Gasteiger partial charge >= 0.3 is 6.03 Å². The number of hydrogen-bond acceptors (Lipinski definition) is 1. The Morgan fingerprint density at radius 2 is 1.86 bits per heavy atom. The smallest absolute Gasteiger partial charge is 0.317 e. The van der Waals surface area contributed by atoms with E-state index in [1.165, 1.54) is 12.5 Å². The zero-order valence-electron chi connectivity index (χ0n) is 14.0. The second-order valence-corrected chi connectivity index (χ2v) is 7.37. The fourth-order valence-electron chi connectivity index (χ4n) is 3.34. The van der Waals surface area contributed by atoms with Gasteiger partial charge in [0.25, 0.3) is 0 Å². The van der Waals surface area contributed by atoms with E-state index >= 15 is 0 Å². The minimum atomic E-state index is -0.436. The number of benzene rings is 1. The Bertz CT molecular complexity index is 520. The summed E-state index contributed by atoms with van der Waals surface area (Å²) in [5.41, 5.74) is 0.198. The van der Waals surface area contributed by atoms with E-state index < -0.39 is 5.41 Å². The molecule has 0 bridgehead atoms. The molecule has 2 atom stereocenters. The summed E-state index contributed by atoms with van der Waals surface area (Å²) in [6.07, 6.45) is 1.17. The number of piperidine rings is 1. The van der Waals surface area contributed by atoms with Crippen molar-refractivity contribution in [3.63, 3.8) is 0 Å². The molecule has 0 radical (unpaired) electrons. The zero-order chi connectivity index (χ0) is 16.3. The molecule has 4 heteroatoms. The van der Waals surface area contributed by atoms with E-state index in [4.69, 9.17) is 0 Å². The molecule has 0 aromatic heterocycles. The van der Waals surface area contributed by atoms with Crippen molar-refractivity contribution in [2.24, 2.45) is 11.8 Å². The Morgan fingerprint density at radius 1 is 1.27 bits per heavy atom. The van der Waals surface area contributed by atoms with Crippen LogP contribution < -0.4 is 5.32 Å². The Balaban J connectivity index is 1.97. The molecule has 2 amide bonds. The highest BCUT2D eigenvalue weighted by atomic mass is 19.1. The van der Waals surface area contributed by atoms with E-state index in [0.29, 0.717) is 23.9 Å². The van der Waals surface area contributed by atoms with Gasteiger partial charge in [-0.05, 0) is 29.9 Å². The van der Waals surface area contributed by atoms with Gasteiger partial charge in [-0.15, -0.1) is 0 Å². The first-order valence-electron chi connectivity index (χ1n) is 8.07. The van der Waals surface area contributed by atoms with E-state index in [2.05, 4.69) is 19.2 Å². The lowest BCUT2D eigenvalue weighted by molar-refractivity contribution is 0.144. The number of likely N-dealkylation sites (tertiary alicyclic amines) is 1. The summed E-state index contributed by atoms with van der Waals surface area (Å²) in [7, 11) is 0. The lowest BCUT2D eigenvalue weighted by Crippen LogP contribution is -2.49. The van der Waals surface area contributed by atoms with E-state index in [1.54, 1.807) is 12.1 Å². The fourth-order valence-corrected chi connectivity index (χ4v) is 3.34. The lowest BCUT2D eigenvalue weighted by atomic mass is 9.84. The second kappa shape index (κ2) is 6.67. The molecule has 1 saturated heterocycles. The summed E-state index contributed by atoms with van der Waals surface area (Å²) in [4.78, 5) is 14.3. The topological polar surface area (TPSA) is 32.3 Å². The molecule has 1 fully saturated rings. The van der Waals surface area contributed by atoms with Crippen LogP contribution in [0.1, 0.15) is 39.7 Å². The predicted octanol–water partition coefficient (Wildman–Crippen LogP) is 3.79. The normalized spacial score (nSPS) is 22.5. The zero-order valence-corrected chi connectivity index (χ0v) is 14.0. The number of halogens is 1. The van der Waals surface area contributed by atoms with Crippen LogP contribution in [0, 0.1) is 17.7 Å². The molecule has 1 heterocycles. The molecule has 1 aliphatic rings. The average Bonchev–Trinajstić information content (AvgIpc) is 2.44. The maximum absolute atomic E-state index is 13.9. The van der Waals surface area contributed by atoms with Gasteiger partial charge in [0.1, 0.15) is 5.82 Å². The highest BCUT2D eigenvalue weighted by Gasteiger charge is 2.28. The molecule has 0 saturated carbocycles. The highest BCUT2D eigenvalue weighted by molar-refractivity contribution is 5.74. The van der Waals surface area contributed by atoms with Crippen molar-refractivity contribution >= 4 is 6.03 Å². The first kappa shape index (κ1) is 16.8. The number of carbonyl (C=O) groups is 1. The summed E-state index contributed by atoms with van der Waals surface area (Å²) in [5.74, 6) is 0.852. The van der Waals surface area contributed by atoms with Crippen LogP contribution in [0.2, 0.25) is 0 Å². The van der Waals surface area contributed by atoms with Gasteiger partial charge in [0, 0.05) is 25.0 Å². The van der Waals surface area contributed by atoms with E-state index in [-0.39, 0.29) is 11.8 Å². The molecule has 3 nitrogen and oxygen atoms in total. The summed E-state index contributed by atoms with van der Waals surface area (Å²) in [6.45, 7) is 10.3. The first-order valence-corrected chi connectivity index (χ1v) is 8.07. The van der Waals surface area contributed by atoms with Gasteiger partial charge < -0.3 is 10.2 Å². The van der Waals surface area contributed by atoms with Gasteiger partial charge in [0.15, 0.2) is 0 Å². The Kier molecular flexibility index (Phi) is 5.09. The van der Waals surface area contributed by atoms with Crippen molar-refractivity contribution in [2.75, 3.05) is 19.6 Å². The van der Waals surface area contributed by atoms with Crippen LogP contribution in [0.3, 0.4) is 0 Å². The molecule has 122 valence electrons. The molecule has 1 aliphatic heterocycles. The molecular formula is C18H27FN2O. The largest absolute Gasteiger partial charge is 0.337 e. The summed E-state index contributed by atoms with van der Waals surface area (Å²) >= 11 is 0. The molecular weight excluding hydrogens is 279 g/mol. The number of carbonyl (C=O) groups excluding carboxylic acids is 1. The van der Waals surface area contributed by atoms with Gasteiger partial charge in [-0.3, -0.25) is 0 Å². The fraction of sp³-hybridized carbons (Fsp3) is 0.611. The number of amides is 2. The monoisotopic (exact) mass is 306 g/mol. The van der Waals surface area contributed by atoms with E-state index in [0.717, 1.165) is 13.1 Å². The van der Waals surface area contributed by atoms with Gasteiger partial charge in [-0.1, -0.05) is 45.9 Å². The average molecular weight is 306 g/mol. The quantitative estimate of drug-likeness (QED) is 0.905. The number of nitrogens with zero attached hydrogens (tertiary/aromatic N) is 1. The highest BCUT2D eigenvalue weighted by Crippen LogP contribution is 2.25. The van der Waals surface area contributed by atoms with Crippen LogP contribution >= 0.6 is 0 Å². The van der Waals surface area contributed by atoms with Crippen molar-refractivity contribution in [2.45, 2.75) is 39.5 Å². The van der Waals surface area contributed by atoms with E-state index in [9.17, 15) is 9.18 Å². The van der Waals surface area contributed by atoms with Crippen molar-refractivity contribution in [3.8, 4) is 0 Å². The van der Waals surface area contributed by atoms with Crippen molar-refractivity contribution in [1.82, 2.24) is 10.2 Å². The molecule has 22 heavy (non-hydrogen) atoms. The molecule has 1 N–H and O–H groups in total. The van der Waals surface area contributed by atoms with Crippen molar-refractivity contribution < 1.29 is 9.18 Å². The summed E-state index contributed by atoms with van der Waals surface area (Å²) < 4.78 is 13.9. The van der Waals surface area contributed by atoms with Crippen molar-refractivity contribution in [3.05, 3.63) is 35.6 Å². The van der Waals surface area contributed by atoms with Crippen LogP contribution in [0.5, 0.6) is 0 Å². The van der Waals surface area contributed by atoms with Crippen LogP contribution in [-0.4, -0.2) is 30.6 Å². The van der Waals surface area contributed by atoms with E-state index in [1.807, 2.05) is 24.8 Å². The molecule has 1 aromatic carbocycles. The third-order valence-electron chi connectivity index (χ3n) is 4.44. The third-order valence-corrected chi connectivity index (χ3v) is 4.44. The van der Waals surface area contributed by atoms with Crippen LogP contribution in [0.4, 0.5) is 9.18 Å². The van der Waals surface area contributed by atoms with Crippen LogP contribution in [0.15, 0.2) is 24.3 Å². The third kappa shape index (κ3) is 3.99. The lowest BCUT2D eigenvalue weighted by Gasteiger charge is -2.36. The minimum Gasteiger partial charge on any atom is -0.337 e. The maximum Gasteiger partial charge on any atom is 0.317 e. The molecule has 0 aliphatic carbocycles. The molecule has 1 aromatic rings. The Morgan fingerprint density at radius 3 is 2.45 bits per heavy atom. The summed E-state index contributed by atoms with van der Waals surface area (Å²) in [6, 6.07) is 6.72. The molecule has 2 rings (SSSR count). The van der Waals surface area contributed by atoms with Gasteiger partial charge in [0.05, 0.1) is 0 Å². The number of nitrogens with one attached hydrogen (secondary N) is 1. The number of rotatable bonds is 3. The van der Waals surface area contributed by atoms with Crippen LogP contribution in [-0.2, 0) is 5.41 Å². The van der Waals surface area contributed by atoms with Gasteiger partial charge in [0.2, 0.25) is 0 Å². The standard InChI is InChI=1S/C18H27FN2O/c1-13-9-14(2)11-21(10-13)17(22)20-12-18(3,4)15-7-5-6-8-16(15)19/h5-8,13-14H,9-12H2,1-4H3,(H,20,22). The van der Waals surface area contributed by atoms with Gasteiger partial charge in [-0.2, -0.15) is 0 Å². The second-order valence-electron chi connectivity index (χ2n) is 7.37. The SMILES string of the molecule is CC1CC(C)CN(C(=O)NCC(C)(C)c2ccccc2F)C1. The Hall–Kier alpha value is -1.58. The molecule has 2 unspecified atom stereocenters. The molecule has 0 spiro atoms. The predicted molar refractivity (Wildman–Crippen MR) is 87.3 cm³/mol.